The van der Waals surface area contributed by atoms with Crippen molar-refractivity contribution in [1.82, 2.24) is 9.97 Å². The normalized spacial score (nSPS) is 10.4. The summed E-state index contributed by atoms with van der Waals surface area (Å²) in [6.07, 6.45) is 2.39. The first-order chi connectivity index (χ1) is 8.56. The molecular weight excluding hydrogens is 268 g/mol. The van der Waals surface area contributed by atoms with E-state index in [2.05, 4.69) is 34.8 Å². The van der Waals surface area contributed by atoms with Crippen molar-refractivity contribution in [3.05, 3.63) is 11.2 Å². The largest absolute Gasteiger partial charge is 0.355 e. The summed E-state index contributed by atoms with van der Waals surface area (Å²) in [6, 6.07) is 3.91. The van der Waals surface area contributed by atoms with Gasteiger partial charge in [-0.25, -0.2) is 9.97 Å². The molecule has 0 saturated carbocycles. The van der Waals surface area contributed by atoms with Gasteiger partial charge in [0.15, 0.2) is 5.16 Å². The predicted octanol–water partition coefficient (Wildman–Crippen LogP) is 3.23. The molecule has 0 aliphatic rings. The highest BCUT2D eigenvalue weighted by Gasteiger charge is 2.12. The fourth-order valence-electron chi connectivity index (χ4n) is 1.56. The number of nitriles is 1. The minimum Gasteiger partial charge on any atom is -0.355 e. The van der Waals surface area contributed by atoms with Crippen LogP contribution in [0.1, 0.15) is 20.3 Å². The molecule has 0 spiro atoms. The van der Waals surface area contributed by atoms with Gasteiger partial charge in [0, 0.05) is 19.2 Å². The molecule has 98 valence electrons. The van der Waals surface area contributed by atoms with Gasteiger partial charge in [-0.1, -0.05) is 37.2 Å². The Morgan fingerprint density at radius 3 is 2.78 bits per heavy atom. The molecule has 0 aliphatic heterocycles. The lowest BCUT2D eigenvalue weighted by Gasteiger charge is -2.24. The highest BCUT2D eigenvalue weighted by Crippen LogP contribution is 2.21. The lowest BCUT2D eigenvalue weighted by Crippen LogP contribution is -2.29. The number of hydrogen-bond donors (Lipinski definition) is 0. The van der Waals surface area contributed by atoms with Crippen LogP contribution < -0.4 is 4.90 Å². The molecule has 0 saturated heterocycles. The second-order valence-corrected chi connectivity index (χ2v) is 5.44. The van der Waals surface area contributed by atoms with Crippen LogP contribution in [-0.2, 0) is 0 Å². The fourth-order valence-corrected chi connectivity index (χ4v) is 2.17. The minimum atomic E-state index is 0.440. The highest BCUT2D eigenvalue weighted by atomic mass is 35.5. The van der Waals surface area contributed by atoms with Gasteiger partial charge in [-0.05, 0) is 12.2 Å². The highest BCUT2D eigenvalue weighted by molar-refractivity contribution is 7.98. The van der Waals surface area contributed by atoms with Gasteiger partial charge in [0.1, 0.15) is 11.0 Å². The summed E-state index contributed by atoms with van der Waals surface area (Å²) in [5.41, 5.74) is 0. The average Bonchev–Trinajstić information content (AvgIpc) is 2.33. The Balaban J connectivity index is 2.96. The topological polar surface area (TPSA) is 52.8 Å². The predicted molar refractivity (Wildman–Crippen MR) is 76.1 cm³/mol. The van der Waals surface area contributed by atoms with Crippen molar-refractivity contribution < 1.29 is 0 Å². The third-order valence-corrected chi connectivity index (χ3v) is 2.99. The molecule has 0 atom stereocenters. The summed E-state index contributed by atoms with van der Waals surface area (Å²) >= 11 is 7.45. The van der Waals surface area contributed by atoms with Gasteiger partial charge in [-0.3, -0.25) is 0 Å². The van der Waals surface area contributed by atoms with Crippen molar-refractivity contribution in [2.75, 3.05) is 24.2 Å². The molecule has 0 bridgehead atoms. The van der Waals surface area contributed by atoms with E-state index in [1.807, 2.05) is 6.26 Å². The van der Waals surface area contributed by atoms with Gasteiger partial charge in [-0.15, -0.1) is 0 Å². The molecule has 0 amide bonds. The zero-order valence-corrected chi connectivity index (χ0v) is 12.4. The third-order valence-electron chi connectivity index (χ3n) is 2.25. The van der Waals surface area contributed by atoms with Crippen molar-refractivity contribution in [2.24, 2.45) is 5.92 Å². The molecule has 0 radical (unpaired) electrons. The maximum Gasteiger partial charge on any atom is 0.190 e. The number of anilines is 1. The molecule has 0 aromatic carbocycles. The third kappa shape index (κ3) is 4.71. The molecule has 0 N–H and O–H groups in total. The lowest BCUT2D eigenvalue weighted by atomic mass is 10.2. The van der Waals surface area contributed by atoms with Crippen LogP contribution in [0.5, 0.6) is 0 Å². The minimum absolute atomic E-state index is 0.440. The zero-order chi connectivity index (χ0) is 13.5. The van der Waals surface area contributed by atoms with Gasteiger partial charge >= 0.3 is 0 Å². The van der Waals surface area contributed by atoms with Crippen LogP contribution in [0.4, 0.5) is 5.82 Å². The summed E-state index contributed by atoms with van der Waals surface area (Å²) in [5, 5.41) is 9.81. The first-order valence-electron chi connectivity index (χ1n) is 5.77. The van der Waals surface area contributed by atoms with Gasteiger partial charge in [0.2, 0.25) is 0 Å². The maximum atomic E-state index is 8.71. The van der Waals surface area contributed by atoms with Crippen LogP contribution in [0.2, 0.25) is 5.15 Å². The van der Waals surface area contributed by atoms with Gasteiger partial charge in [0.25, 0.3) is 0 Å². The Morgan fingerprint density at radius 1 is 1.50 bits per heavy atom. The molecule has 18 heavy (non-hydrogen) atoms. The van der Waals surface area contributed by atoms with Gasteiger partial charge in [-0.2, -0.15) is 5.26 Å². The van der Waals surface area contributed by atoms with Gasteiger partial charge < -0.3 is 4.90 Å². The Bertz CT molecular complexity index is 431. The second kappa shape index (κ2) is 7.45. The summed E-state index contributed by atoms with van der Waals surface area (Å²) in [6.45, 7) is 5.79. The van der Waals surface area contributed by atoms with E-state index in [1.165, 1.54) is 11.8 Å². The van der Waals surface area contributed by atoms with Crippen molar-refractivity contribution in [2.45, 2.75) is 25.4 Å². The van der Waals surface area contributed by atoms with E-state index in [1.54, 1.807) is 6.07 Å². The monoisotopic (exact) mass is 284 g/mol. The Kier molecular flexibility index (Phi) is 6.23. The van der Waals surface area contributed by atoms with E-state index in [9.17, 15) is 0 Å². The molecule has 0 unspecified atom stereocenters. The lowest BCUT2D eigenvalue weighted by molar-refractivity contribution is 0.605. The second-order valence-electron chi connectivity index (χ2n) is 4.28. The van der Waals surface area contributed by atoms with Crippen LogP contribution in [0.25, 0.3) is 0 Å². The number of rotatable bonds is 6. The number of aromatic nitrogens is 2. The molecule has 0 aliphatic carbocycles. The molecule has 0 fully saturated rings. The molecule has 1 aromatic heterocycles. The van der Waals surface area contributed by atoms with E-state index in [-0.39, 0.29) is 0 Å². The molecular formula is C12H17ClN4S. The van der Waals surface area contributed by atoms with E-state index in [0.717, 1.165) is 12.4 Å². The van der Waals surface area contributed by atoms with Crippen LogP contribution in [0.3, 0.4) is 0 Å². The van der Waals surface area contributed by atoms with Gasteiger partial charge in [0.05, 0.1) is 12.5 Å². The average molecular weight is 285 g/mol. The molecule has 1 heterocycles. The molecule has 6 heteroatoms. The number of nitrogens with zero attached hydrogens (tertiary/aromatic N) is 4. The molecule has 4 nitrogen and oxygen atoms in total. The van der Waals surface area contributed by atoms with Crippen molar-refractivity contribution in [1.29, 1.82) is 5.26 Å². The Labute approximate surface area is 117 Å². The van der Waals surface area contributed by atoms with Crippen LogP contribution >= 0.6 is 23.4 Å². The van der Waals surface area contributed by atoms with Crippen LogP contribution in [-0.4, -0.2) is 29.3 Å². The Morgan fingerprint density at radius 2 is 2.22 bits per heavy atom. The summed E-state index contributed by atoms with van der Waals surface area (Å²) in [5.74, 6) is 1.29. The van der Waals surface area contributed by atoms with E-state index in [0.29, 0.717) is 29.2 Å². The first-order valence-corrected chi connectivity index (χ1v) is 7.37. The first kappa shape index (κ1) is 15.1. The van der Waals surface area contributed by atoms with E-state index < -0.39 is 0 Å². The Hall–Kier alpha value is -0.990. The molecule has 1 rings (SSSR count). The molecule has 1 aromatic rings. The summed E-state index contributed by atoms with van der Waals surface area (Å²) in [4.78, 5) is 10.6. The number of thioether (sulfide) groups is 1. The van der Waals surface area contributed by atoms with E-state index in [4.69, 9.17) is 16.9 Å². The quantitative estimate of drug-likeness (QED) is 0.456. The number of halogens is 1. The fraction of sp³-hybridized carbons (Fsp3) is 0.583. The summed E-state index contributed by atoms with van der Waals surface area (Å²) in [7, 11) is 0. The van der Waals surface area contributed by atoms with Crippen LogP contribution in [0, 0.1) is 17.2 Å². The van der Waals surface area contributed by atoms with Crippen molar-refractivity contribution in [3.8, 4) is 6.07 Å². The smallest absolute Gasteiger partial charge is 0.190 e. The maximum absolute atomic E-state index is 8.71. The van der Waals surface area contributed by atoms with Crippen LogP contribution in [0.15, 0.2) is 11.2 Å². The van der Waals surface area contributed by atoms with Crippen molar-refractivity contribution in [3.63, 3.8) is 0 Å². The van der Waals surface area contributed by atoms with Crippen molar-refractivity contribution >= 4 is 29.2 Å². The standard InChI is InChI=1S/C12H17ClN4S/c1-9(2)8-17(6-4-5-14)11-7-10(13)15-12(16-11)18-3/h7,9H,4,6,8H2,1-3H3. The van der Waals surface area contributed by atoms with E-state index >= 15 is 0 Å². The SMILES string of the molecule is CSc1nc(Cl)cc(N(CCC#N)CC(C)C)n1. The number of hydrogen-bond acceptors (Lipinski definition) is 5. The zero-order valence-electron chi connectivity index (χ0n) is 10.9. The summed E-state index contributed by atoms with van der Waals surface area (Å²) < 4.78 is 0.